The maximum atomic E-state index is 4.88. The normalized spacial score (nSPS) is 16.9. The Balaban J connectivity index is 0.000000583. The Labute approximate surface area is 93.0 Å². The first-order chi connectivity index (χ1) is 7.24. The molecule has 0 aromatic rings. The molecule has 0 saturated carbocycles. The van der Waals surface area contributed by atoms with Crippen molar-refractivity contribution in [3.63, 3.8) is 0 Å². The molecule has 0 aromatic heterocycles. The monoisotopic (exact) mass is 213 g/mol. The highest BCUT2D eigenvalue weighted by Crippen LogP contribution is 2.04. The highest BCUT2D eigenvalue weighted by atomic mass is 16.6. The Kier molecular flexibility index (Phi) is 9.11. The third-order valence-electron chi connectivity index (χ3n) is 1.79. The van der Waals surface area contributed by atoms with Crippen LogP contribution < -0.4 is 5.32 Å². The minimum atomic E-state index is 0.639. The van der Waals surface area contributed by atoms with Gasteiger partial charge in [0.05, 0.1) is 6.21 Å². The van der Waals surface area contributed by atoms with Crippen LogP contribution in [0.5, 0.6) is 0 Å². The van der Waals surface area contributed by atoms with Crippen LogP contribution in [-0.4, -0.2) is 52.0 Å². The van der Waals surface area contributed by atoms with Crippen LogP contribution in [0.1, 0.15) is 13.3 Å². The van der Waals surface area contributed by atoms with Crippen molar-refractivity contribution in [3.05, 3.63) is 11.6 Å². The Morgan fingerprint density at radius 2 is 2.27 bits per heavy atom. The predicted molar refractivity (Wildman–Crippen MR) is 65.3 cm³/mol. The summed E-state index contributed by atoms with van der Waals surface area (Å²) in [5, 5.41) is 6.58. The van der Waals surface area contributed by atoms with Gasteiger partial charge in [0.2, 0.25) is 0 Å². The second-order valence-corrected chi connectivity index (χ2v) is 3.46. The van der Waals surface area contributed by atoms with E-state index in [0.29, 0.717) is 6.61 Å². The van der Waals surface area contributed by atoms with Crippen molar-refractivity contribution >= 4 is 6.21 Å². The SMILES string of the molecule is CCON=CC1=CCCN(C)C1.CNC. The van der Waals surface area contributed by atoms with E-state index in [2.05, 4.69) is 28.5 Å². The van der Waals surface area contributed by atoms with Gasteiger partial charge in [-0.05, 0) is 40.1 Å². The number of rotatable bonds is 3. The van der Waals surface area contributed by atoms with Gasteiger partial charge >= 0.3 is 0 Å². The van der Waals surface area contributed by atoms with Crippen molar-refractivity contribution < 1.29 is 4.84 Å². The van der Waals surface area contributed by atoms with Crippen molar-refractivity contribution in [3.8, 4) is 0 Å². The molecule has 1 heterocycles. The van der Waals surface area contributed by atoms with Crippen LogP contribution in [0.2, 0.25) is 0 Å². The summed E-state index contributed by atoms with van der Waals surface area (Å²) in [4.78, 5) is 7.15. The zero-order valence-electron chi connectivity index (χ0n) is 10.3. The van der Waals surface area contributed by atoms with E-state index < -0.39 is 0 Å². The van der Waals surface area contributed by atoms with Gasteiger partial charge in [-0.2, -0.15) is 0 Å². The summed E-state index contributed by atoms with van der Waals surface area (Å²) < 4.78 is 0. The molecular weight excluding hydrogens is 190 g/mol. The second kappa shape index (κ2) is 9.68. The molecule has 15 heavy (non-hydrogen) atoms. The van der Waals surface area contributed by atoms with Gasteiger partial charge < -0.3 is 15.1 Å². The molecule has 0 atom stereocenters. The molecule has 0 spiro atoms. The molecule has 4 nitrogen and oxygen atoms in total. The molecule has 0 unspecified atom stereocenters. The van der Waals surface area contributed by atoms with Crippen LogP contribution in [0.25, 0.3) is 0 Å². The largest absolute Gasteiger partial charge is 0.396 e. The first-order valence-electron chi connectivity index (χ1n) is 5.36. The predicted octanol–water partition coefficient (Wildman–Crippen LogP) is 1.11. The molecule has 1 N–H and O–H groups in total. The maximum absolute atomic E-state index is 4.88. The molecule has 88 valence electrons. The van der Waals surface area contributed by atoms with Gasteiger partial charge in [0, 0.05) is 13.1 Å². The lowest BCUT2D eigenvalue weighted by Gasteiger charge is -2.20. The minimum absolute atomic E-state index is 0.639. The van der Waals surface area contributed by atoms with Crippen LogP contribution in [0.3, 0.4) is 0 Å². The Bertz CT molecular complexity index is 202. The minimum Gasteiger partial charge on any atom is -0.396 e. The number of nitrogens with one attached hydrogen (secondary N) is 1. The quantitative estimate of drug-likeness (QED) is 0.563. The third-order valence-corrected chi connectivity index (χ3v) is 1.79. The third kappa shape index (κ3) is 8.15. The summed E-state index contributed by atoms with van der Waals surface area (Å²) in [5.41, 5.74) is 1.25. The summed E-state index contributed by atoms with van der Waals surface area (Å²) in [6.07, 6.45) is 5.13. The summed E-state index contributed by atoms with van der Waals surface area (Å²) >= 11 is 0. The standard InChI is InChI=1S/C9H16N2O.C2H7N/c1-3-12-10-7-9-5-4-6-11(2)8-9;1-3-2/h5,7H,3-4,6,8H2,1-2H3;3H,1-2H3. The molecule has 1 aliphatic rings. The molecule has 1 rings (SSSR count). The smallest absolute Gasteiger partial charge is 0.114 e. The van der Waals surface area contributed by atoms with Gasteiger partial charge in [0.1, 0.15) is 6.61 Å². The van der Waals surface area contributed by atoms with Crippen molar-refractivity contribution in [2.45, 2.75) is 13.3 Å². The molecule has 0 saturated heterocycles. The zero-order valence-corrected chi connectivity index (χ0v) is 10.3. The van der Waals surface area contributed by atoms with E-state index in [1.807, 2.05) is 21.0 Å². The number of likely N-dealkylation sites (N-methyl/N-ethyl adjacent to an activating group) is 1. The average molecular weight is 213 g/mol. The summed E-state index contributed by atoms with van der Waals surface area (Å²) in [6.45, 7) is 4.70. The average Bonchev–Trinajstić information content (AvgIpc) is 2.19. The second-order valence-electron chi connectivity index (χ2n) is 3.46. The topological polar surface area (TPSA) is 36.9 Å². The van der Waals surface area contributed by atoms with E-state index in [9.17, 15) is 0 Å². The molecule has 4 heteroatoms. The molecule has 0 aliphatic carbocycles. The summed E-state index contributed by atoms with van der Waals surface area (Å²) in [7, 11) is 5.86. The van der Waals surface area contributed by atoms with E-state index in [1.54, 1.807) is 6.21 Å². The lowest BCUT2D eigenvalue weighted by atomic mass is 10.1. The van der Waals surface area contributed by atoms with Crippen LogP contribution >= 0.6 is 0 Å². The summed E-state index contributed by atoms with van der Waals surface area (Å²) in [5.74, 6) is 0. The van der Waals surface area contributed by atoms with Crippen LogP contribution in [-0.2, 0) is 4.84 Å². The fourth-order valence-corrected chi connectivity index (χ4v) is 1.20. The van der Waals surface area contributed by atoms with Crippen molar-refractivity contribution in [2.75, 3.05) is 40.8 Å². The van der Waals surface area contributed by atoms with Crippen molar-refractivity contribution in [2.24, 2.45) is 5.16 Å². The number of oxime groups is 1. The van der Waals surface area contributed by atoms with Crippen molar-refractivity contribution in [1.29, 1.82) is 0 Å². The van der Waals surface area contributed by atoms with Crippen molar-refractivity contribution in [1.82, 2.24) is 10.2 Å². The Morgan fingerprint density at radius 3 is 2.80 bits per heavy atom. The zero-order chi connectivity index (χ0) is 11.5. The van der Waals surface area contributed by atoms with Gasteiger partial charge in [-0.3, -0.25) is 0 Å². The van der Waals surface area contributed by atoms with Gasteiger partial charge in [-0.1, -0.05) is 11.2 Å². The van der Waals surface area contributed by atoms with Gasteiger partial charge in [-0.15, -0.1) is 0 Å². The Hall–Kier alpha value is -0.870. The number of hydrogen-bond acceptors (Lipinski definition) is 4. The van der Waals surface area contributed by atoms with E-state index >= 15 is 0 Å². The lowest BCUT2D eigenvalue weighted by molar-refractivity contribution is 0.160. The van der Waals surface area contributed by atoms with E-state index in [1.165, 1.54) is 5.57 Å². The van der Waals surface area contributed by atoms with Crippen LogP contribution in [0, 0.1) is 0 Å². The number of hydrogen-bond donors (Lipinski definition) is 1. The molecule has 1 aliphatic heterocycles. The molecule has 0 radical (unpaired) electrons. The first kappa shape index (κ1) is 14.1. The highest BCUT2D eigenvalue weighted by molar-refractivity contribution is 5.78. The summed E-state index contributed by atoms with van der Waals surface area (Å²) in [6, 6.07) is 0. The lowest BCUT2D eigenvalue weighted by Crippen LogP contribution is -2.25. The number of nitrogens with zero attached hydrogens (tertiary/aromatic N) is 2. The molecule has 0 aromatic carbocycles. The molecule has 0 fully saturated rings. The van der Waals surface area contributed by atoms with Gasteiger partial charge in [0.25, 0.3) is 0 Å². The van der Waals surface area contributed by atoms with Crippen LogP contribution in [0.15, 0.2) is 16.8 Å². The van der Waals surface area contributed by atoms with Gasteiger partial charge in [0.15, 0.2) is 0 Å². The molecule has 0 bridgehead atoms. The van der Waals surface area contributed by atoms with E-state index in [-0.39, 0.29) is 0 Å². The first-order valence-corrected chi connectivity index (χ1v) is 5.36. The van der Waals surface area contributed by atoms with Crippen LogP contribution in [0.4, 0.5) is 0 Å². The highest BCUT2D eigenvalue weighted by Gasteiger charge is 2.05. The van der Waals surface area contributed by atoms with E-state index in [0.717, 1.165) is 19.5 Å². The fraction of sp³-hybridized carbons (Fsp3) is 0.727. The Morgan fingerprint density at radius 1 is 1.60 bits per heavy atom. The molecular formula is C11H23N3O. The maximum Gasteiger partial charge on any atom is 0.114 e. The van der Waals surface area contributed by atoms with Gasteiger partial charge in [-0.25, -0.2) is 0 Å². The fourth-order valence-electron chi connectivity index (χ4n) is 1.20. The molecule has 0 amide bonds. The van der Waals surface area contributed by atoms with E-state index in [4.69, 9.17) is 4.84 Å².